The summed E-state index contributed by atoms with van der Waals surface area (Å²) < 4.78 is 45.5. The zero-order chi connectivity index (χ0) is 17.2. The minimum absolute atomic E-state index is 0.0196. The fraction of sp³-hybridized carbons (Fsp3) is 0.200. The highest BCUT2D eigenvalue weighted by molar-refractivity contribution is 7.89. The van der Waals surface area contributed by atoms with Crippen molar-refractivity contribution >= 4 is 21.4 Å². The standard InChI is InChI=1S/C15H14FN3O3S2/c1-10-9-11(4-5-12(10)16)24(20,21)17-7-6-14-18-19-15(22-14)13-3-2-8-23-13/h2-5,8-9,17H,6-7H2,1H3. The highest BCUT2D eigenvalue weighted by Gasteiger charge is 2.16. The van der Waals surface area contributed by atoms with E-state index in [0.717, 1.165) is 10.9 Å². The van der Waals surface area contributed by atoms with Crippen molar-refractivity contribution in [1.29, 1.82) is 0 Å². The molecular weight excluding hydrogens is 353 g/mol. The predicted molar refractivity (Wildman–Crippen MR) is 87.6 cm³/mol. The fourth-order valence-corrected chi connectivity index (χ4v) is 3.78. The van der Waals surface area contributed by atoms with Gasteiger partial charge in [0.05, 0.1) is 9.77 Å². The maximum atomic E-state index is 13.2. The van der Waals surface area contributed by atoms with E-state index in [-0.39, 0.29) is 23.4 Å². The molecule has 1 N–H and O–H groups in total. The molecule has 1 aromatic carbocycles. The monoisotopic (exact) mass is 367 g/mol. The fourth-order valence-electron chi connectivity index (χ4n) is 2.01. The average molecular weight is 367 g/mol. The number of hydrogen-bond acceptors (Lipinski definition) is 6. The molecule has 2 heterocycles. The molecule has 0 aliphatic heterocycles. The van der Waals surface area contributed by atoms with E-state index in [1.807, 2.05) is 17.5 Å². The summed E-state index contributed by atoms with van der Waals surface area (Å²) >= 11 is 1.48. The van der Waals surface area contributed by atoms with Gasteiger partial charge in [-0.1, -0.05) is 6.07 Å². The Morgan fingerprint density at radius 3 is 2.83 bits per heavy atom. The number of halogens is 1. The quantitative estimate of drug-likeness (QED) is 0.724. The first kappa shape index (κ1) is 16.7. The molecule has 0 fully saturated rings. The first-order valence-electron chi connectivity index (χ1n) is 7.08. The Bertz CT molecular complexity index is 937. The molecule has 9 heteroatoms. The lowest BCUT2D eigenvalue weighted by Crippen LogP contribution is -2.26. The average Bonchev–Trinajstić information content (AvgIpc) is 3.20. The van der Waals surface area contributed by atoms with Crippen molar-refractivity contribution in [3.05, 3.63) is 53.0 Å². The number of nitrogens with zero attached hydrogens (tertiary/aromatic N) is 2. The van der Waals surface area contributed by atoms with Crippen LogP contribution in [0.3, 0.4) is 0 Å². The molecule has 2 aromatic heterocycles. The molecule has 3 rings (SSSR count). The Labute approximate surface area is 142 Å². The topological polar surface area (TPSA) is 85.1 Å². The summed E-state index contributed by atoms with van der Waals surface area (Å²) in [6.45, 7) is 1.61. The third kappa shape index (κ3) is 3.69. The lowest BCUT2D eigenvalue weighted by atomic mass is 10.2. The predicted octanol–water partition coefficient (Wildman–Crippen LogP) is 2.77. The molecule has 0 aliphatic rings. The molecule has 24 heavy (non-hydrogen) atoms. The highest BCUT2D eigenvalue weighted by atomic mass is 32.2. The smallest absolute Gasteiger partial charge is 0.257 e. The van der Waals surface area contributed by atoms with Gasteiger partial charge in [-0.05, 0) is 42.1 Å². The largest absolute Gasteiger partial charge is 0.420 e. The van der Waals surface area contributed by atoms with E-state index in [2.05, 4.69) is 14.9 Å². The van der Waals surface area contributed by atoms with Crippen molar-refractivity contribution in [2.24, 2.45) is 0 Å². The zero-order valence-electron chi connectivity index (χ0n) is 12.7. The lowest BCUT2D eigenvalue weighted by molar-refractivity contribution is 0.503. The van der Waals surface area contributed by atoms with Gasteiger partial charge in [-0.25, -0.2) is 17.5 Å². The van der Waals surface area contributed by atoms with E-state index in [9.17, 15) is 12.8 Å². The van der Waals surface area contributed by atoms with Gasteiger partial charge >= 0.3 is 0 Å². The van der Waals surface area contributed by atoms with Gasteiger partial charge in [0.15, 0.2) is 0 Å². The van der Waals surface area contributed by atoms with Gasteiger partial charge in [-0.15, -0.1) is 21.5 Å². The maximum absolute atomic E-state index is 13.2. The molecule has 6 nitrogen and oxygen atoms in total. The number of rotatable bonds is 6. The van der Waals surface area contributed by atoms with E-state index in [4.69, 9.17) is 4.42 Å². The third-order valence-corrected chi connectivity index (χ3v) is 5.59. The summed E-state index contributed by atoms with van der Waals surface area (Å²) in [6.07, 6.45) is 0.262. The van der Waals surface area contributed by atoms with Gasteiger partial charge in [-0.2, -0.15) is 0 Å². The second kappa shape index (κ2) is 6.80. The molecule has 0 aliphatic carbocycles. The van der Waals surface area contributed by atoms with Crippen LogP contribution in [0.4, 0.5) is 4.39 Å². The van der Waals surface area contributed by atoms with Gasteiger partial charge in [0, 0.05) is 13.0 Å². The van der Waals surface area contributed by atoms with Gasteiger partial charge in [-0.3, -0.25) is 0 Å². The lowest BCUT2D eigenvalue weighted by Gasteiger charge is -2.06. The Morgan fingerprint density at radius 2 is 2.12 bits per heavy atom. The molecule has 0 amide bonds. The van der Waals surface area contributed by atoms with Crippen LogP contribution in [0, 0.1) is 12.7 Å². The second-order valence-electron chi connectivity index (χ2n) is 5.04. The van der Waals surface area contributed by atoms with Crippen molar-refractivity contribution in [2.75, 3.05) is 6.54 Å². The highest BCUT2D eigenvalue weighted by Crippen LogP contribution is 2.23. The third-order valence-electron chi connectivity index (χ3n) is 3.27. The van der Waals surface area contributed by atoms with Crippen molar-refractivity contribution in [3.63, 3.8) is 0 Å². The van der Waals surface area contributed by atoms with Crippen LogP contribution < -0.4 is 4.72 Å². The minimum Gasteiger partial charge on any atom is -0.420 e. The Hall–Kier alpha value is -2.10. The number of nitrogens with one attached hydrogen (secondary N) is 1. The minimum atomic E-state index is -3.71. The second-order valence-corrected chi connectivity index (χ2v) is 7.75. The zero-order valence-corrected chi connectivity index (χ0v) is 14.3. The van der Waals surface area contributed by atoms with Crippen LogP contribution in [-0.2, 0) is 16.4 Å². The van der Waals surface area contributed by atoms with E-state index in [0.29, 0.717) is 11.8 Å². The summed E-state index contributed by atoms with van der Waals surface area (Å²) in [6, 6.07) is 7.39. The van der Waals surface area contributed by atoms with E-state index in [1.54, 1.807) is 0 Å². The van der Waals surface area contributed by atoms with Gasteiger partial charge < -0.3 is 4.42 Å². The van der Waals surface area contributed by atoms with Crippen LogP contribution in [-0.4, -0.2) is 25.2 Å². The molecule has 0 saturated carbocycles. The first-order chi connectivity index (χ1) is 11.5. The van der Waals surface area contributed by atoms with E-state index in [1.165, 1.54) is 30.4 Å². The summed E-state index contributed by atoms with van der Waals surface area (Å²) in [5.41, 5.74) is 0.273. The van der Waals surface area contributed by atoms with Crippen molar-refractivity contribution < 1.29 is 17.2 Å². The Morgan fingerprint density at radius 1 is 1.29 bits per heavy atom. The molecular formula is C15H14FN3O3S2. The summed E-state index contributed by atoms with van der Waals surface area (Å²) in [7, 11) is -3.71. The molecule has 0 unspecified atom stereocenters. The van der Waals surface area contributed by atoms with Crippen molar-refractivity contribution in [2.45, 2.75) is 18.2 Å². The first-order valence-corrected chi connectivity index (χ1v) is 9.44. The molecule has 0 radical (unpaired) electrons. The van der Waals surface area contributed by atoms with Crippen LogP contribution in [0.5, 0.6) is 0 Å². The summed E-state index contributed by atoms with van der Waals surface area (Å²) in [5.74, 6) is 0.314. The summed E-state index contributed by atoms with van der Waals surface area (Å²) in [5, 5.41) is 9.72. The molecule has 0 bridgehead atoms. The molecule has 0 spiro atoms. The SMILES string of the molecule is Cc1cc(S(=O)(=O)NCCc2nnc(-c3cccs3)o2)ccc1F. The maximum Gasteiger partial charge on any atom is 0.257 e. The van der Waals surface area contributed by atoms with Gasteiger partial charge in [0.25, 0.3) is 5.89 Å². The molecule has 3 aromatic rings. The van der Waals surface area contributed by atoms with Gasteiger partial charge in [0.2, 0.25) is 15.9 Å². The molecule has 126 valence electrons. The summed E-state index contributed by atoms with van der Waals surface area (Å²) in [4.78, 5) is 0.877. The Balaban J connectivity index is 1.62. The normalized spacial score (nSPS) is 11.8. The number of sulfonamides is 1. The number of thiophene rings is 1. The molecule has 0 atom stereocenters. The van der Waals surface area contributed by atoms with Crippen LogP contribution in [0.25, 0.3) is 10.8 Å². The molecule has 0 saturated heterocycles. The number of aryl methyl sites for hydroxylation is 1. The van der Waals surface area contributed by atoms with Crippen LogP contribution in [0.1, 0.15) is 11.5 Å². The van der Waals surface area contributed by atoms with E-state index < -0.39 is 15.8 Å². The number of benzene rings is 1. The Kier molecular flexibility index (Phi) is 4.74. The van der Waals surface area contributed by atoms with Crippen molar-refractivity contribution in [1.82, 2.24) is 14.9 Å². The van der Waals surface area contributed by atoms with Crippen LogP contribution in [0.2, 0.25) is 0 Å². The van der Waals surface area contributed by atoms with E-state index >= 15 is 0 Å². The number of hydrogen-bond donors (Lipinski definition) is 1. The van der Waals surface area contributed by atoms with Crippen LogP contribution in [0.15, 0.2) is 45.0 Å². The number of aromatic nitrogens is 2. The van der Waals surface area contributed by atoms with Crippen LogP contribution >= 0.6 is 11.3 Å². The van der Waals surface area contributed by atoms with Crippen molar-refractivity contribution in [3.8, 4) is 10.8 Å². The van der Waals surface area contributed by atoms with Gasteiger partial charge in [0.1, 0.15) is 5.82 Å².